The summed E-state index contributed by atoms with van der Waals surface area (Å²) < 4.78 is 80.7. The molecule has 0 saturated carbocycles. The minimum Gasteiger partial charge on any atom is -0.350 e. The van der Waals surface area contributed by atoms with Gasteiger partial charge >= 0.3 is 12.4 Å². The van der Waals surface area contributed by atoms with E-state index >= 15 is 0 Å². The van der Waals surface area contributed by atoms with Gasteiger partial charge in [0.25, 0.3) is 5.91 Å². The summed E-state index contributed by atoms with van der Waals surface area (Å²) in [5.41, 5.74) is -2.05. The number of carbonyl (C=O) groups excluding carboxylic acids is 1. The molecule has 0 aliphatic heterocycles. The molecule has 0 fully saturated rings. The van der Waals surface area contributed by atoms with Crippen molar-refractivity contribution in [2.45, 2.75) is 51.9 Å². The smallest absolute Gasteiger partial charge is 0.350 e. The number of hydrogen-bond donors (Lipinski definition) is 1. The van der Waals surface area contributed by atoms with E-state index in [1.165, 1.54) is 41.4 Å². The van der Waals surface area contributed by atoms with E-state index in [-0.39, 0.29) is 28.8 Å². The van der Waals surface area contributed by atoms with Crippen molar-refractivity contribution in [2.75, 3.05) is 6.54 Å². The fraction of sp³-hybridized carbons (Fsp3) is 0.385. The quantitative estimate of drug-likeness (QED) is 0.302. The van der Waals surface area contributed by atoms with Gasteiger partial charge in [-0.3, -0.25) is 9.36 Å². The van der Waals surface area contributed by atoms with Crippen LogP contribution in [0, 0.1) is 5.92 Å². The van der Waals surface area contributed by atoms with Crippen molar-refractivity contribution >= 4 is 5.91 Å². The molecular weight excluding hydrogens is 484 g/mol. The van der Waals surface area contributed by atoms with Crippen LogP contribution >= 0.6 is 0 Å². The van der Waals surface area contributed by atoms with Gasteiger partial charge in [-0.05, 0) is 53.8 Å². The van der Waals surface area contributed by atoms with Gasteiger partial charge < -0.3 is 5.32 Å². The van der Waals surface area contributed by atoms with Crippen LogP contribution in [0.15, 0.2) is 55.0 Å². The molecular formula is C26H27F6N3O. The number of unbranched alkanes of at least 4 members (excludes halogenated alkanes) is 1. The Bertz CT molecular complexity index is 1130. The molecule has 0 radical (unpaired) electrons. The number of nitrogens with one attached hydrogen (secondary N) is 1. The summed E-state index contributed by atoms with van der Waals surface area (Å²) in [5, 5.41) is 2.92. The first-order valence-electron chi connectivity index (χ1n) is 11.6. The van der Waals surface area contributed by atoms with Crippen LogP contribution in [0.4, 0.5) is 26.3 Å². The predicted molar refractivity (Wildman–Crippen MR) is 125 cm³/mol. The van der Waals surface area contributed by atoms with E-state index < -0.39 is 23.5 Å². The van der Waals surface area contributed by atoms with Crippen molar-refractivity contribution < 1.29 is 31.1 Å². The van der Waals surface area contributed by atoms with Crippen LogP contribution in [0.25, 0.3) is 16.8 Å². The molecule has 0 bridgehead atoms. The average Bonchev–Trinajstić information content (AvgIpc) is 3.33. The van der Waals surface area contributed by atoms with E-state index in [1.807, 2.05) is 0 Å². The van der Waals surface area contributed by atoms with Gasteiger partial charge in [-0.25, -0.2) is 4.98 Å². The fourth-order valence-electron chi connectivity index (χ4n) is 3.88. The van der Waals surface area contributed by atoms with Crippen LogP contribution in [-0.2, 0) is 12.4 Å². The van der Waals surface area contributed by atoms with E-state index in [0.29, 0.717) is 30.3 Å². The van der Waals surface area contributed by atoms with Gasteiger partial charge in [0.1, 0.15) is 5.69 Å². The number of hydrogen-bond acceptors (Lipinski definition) is 2. The van der Waals surface area contributed by atoms with E-state index in [9.17, 15) is 31.1 Å². The lowest BCUT2D eigenvalue weighted by Gasteiger charge is -2.16. The highest BCUT2D eigenvalue weighted by Gasteiger charge is 2.37. The normalized spacial score (nSPS) is 13.0. The lowest BCUT2D eigenvalue weighted by atomic mass is 9.99. The van der Waals surface area contributed by atoms with Gasteiger partial charge in [0.2, 0.25) is 0 Å². The monoisotopic (exact) mass is 511 g/mol. The van der Waals surface area contributed by atoms with Gasteiger partial charge in [0, 0.05) is 12.2 Å². The molecule has 0 unspecified atom stereocenters. The van der Waals surface area contributed by atoms with Gasteiger partial charge in [0.05, 0.1) is 23.7 Å². The number of carbonyl (C=O) groups is 1. The summed E-state index contributed by atoms with van der Waals surface area (Å²) in [6.07, 6.45) is -2.93. The third-order valence-corrected chi connectivity index (χ3v) is 6.03. The van der Waals surface area contributed by atoms with Crippen molar-refractivity contribution in [3.8, 4) is 16.8 Å². The second-order valence-electron chi connectivity index (χ2n) is 8.62. The third-order valence-electron chi connectivity index (χ3n) is 6.03. The standard InChI is InChI=1S/C26H27F6N3O/c1-3-5-6-17(4-2)14-34-24(36)23-15-33-16-35(23)22-9-7-18(8-10-22)19-11-20(25(27,28)29)13-21(12-19)26(30,31)32/h7-13,15-17H,3-6,14H2,1-2H3,(H,34,36)/t17-/m0/s1. The van der Waals surface area contributed by atoms with Gasteiger partial charge in [-0.2, -0.15) is 26.3 Å². The Morgan fingerprint density at radius 1 is 0.944 bits per heavy atom. The molecule has 1 atom stereocenters. The Hall–Kier alpha value is -3.30. The first-order valence-corrected chi connectivity index (χ1v) is 11.6. The van der Waals surface area contributed by atoms with Crippen LogP contribution in [0.3, 0.4) is 0 Å². The largest absolute Gasteiger partial charge is 0.416 e. The highest BCUT2D eigenvalue weighted by molar-refractivity contribution is 5.93. The predicted octanol–water partition coefficient (Wildman–Crippen LogP) is 7.52. The second-order valence-corrected chi connectivity index (χ2v) is 8.62. The Morgan fingerprint density at radius 2 is 1.56 bits per heavy atom. The molecule has 0 saturated heterocycles. The molecule has 0 aliphatic rings. The van der Waals surface area contributed by atoms with Crippen molar-refractivity contribution in [3.05, 3.63) is 71.8 Å². The number of imidazole rings is 1. The molecule has 0 spiro atoms. The molecule has 194 valence electrons. The number of halogens is 6. The average molecular weight is 512 g/mol. The first-order chi connectivity index (χ1) is 16.9. The van der Waals surface area contributed by atoms with Crippen molar-refractivity contribution in [2.24, 2.45) is 5.92 Å². The zero-order valence-corrected chi connectivity index (χ0v) is 19.9. The summed E-state index contributed by atoms with van der Waals surface area (Å²) in [4.78, 5) is 16.8. The number of amides is 1. The molecule has 3 aromatic rings. The van der Waals surface area contributed by atoms with Gasteiger partial charge in [-0.15, -0.1) is 0 Å². The number of aromatic nitrogens is 2. The lowest BCUT2D eigenvalue weighted by molar-refractivity contribution is -0.143. The Labute approximate surface area is 205 Å². The summed E-state index contributed by atoms with van der Waals surface area (Å²) in [5.74, 6) is 0.0397. The number of rotatable bonds is 9. The fourth-order valence-corrected chi connectivity index (χ4v) is 3.88. The van der Waals surface area contributed by atoms with Crippen molar-refractivity contribution in [3.63, 3.8) is 0 Å². The Balaban J connectivity index is 1.84. The third kappa shape index (κ3) is 6.67. The van der Waals surface area contributed by atoms with Crippen LogP contribution in [-0.4, -0.2) is 22.0 Å². The first kappa shape index (κ1) is 27.3. The highest BCUT2D eigenvalue weighted by Crippen LogP contribution is 2.38. The SMILES string of the molecule is CCCC[C@H](CC)CNC(=O)c1cncn1-c1ccc(-c2cc(C(F)(F)F)cc(C(F)(F)F)c2)cc1. The van der Waals surface area contributed by atoms with E-state index in [1.54, 1.807) is 0 Å². The summed E-state index contributed by atoms with van der Waals surface area (Å²) >= 11 is 0. The Morgan fingerprint density at radius 3 is 2.08 bits per heavy atom. The lowest BCUT2D eigenvalue weighted by Crippen LogP contribution is -2.30. The van der Waals surface area contributed by atoms with Crippen molar-refractivity contribution in [1.29, 1.82) is 0 Å². The maximum absolute atomic E-state index is 13.2. The van der Waals surface area contributed by atoms with E-state index in [2.05, 4.69) is 24.1 Å². The molecule has 36 heavy (non-hydrogen) atoms. The maximum Gasteiger partial charge on any atom is 0.416 e. The Kier molecular flexibility index (Phi) is 8.47. The van der Waals surface area contributed by atoms with Crippen LogP contribution in [0.2, 0.25) is 0 Å². The number of benzene rings is 2. The second kappa shape index (κ2) is 11.2. The van der Waals surface area contributed by atoms with Crippen LogP contribution in [0.1, 0.15) is 61.1 Å². The minimum atomic E-state index is -4.93. The van der Waals surface area contributed by atoms with Crippen LogP contribution < -0.4 is 5.32 Å². The topological polar surface area (TPSA) is 46.9 Å². The highest BCUT2D eigenvalue weighted by atomic mass is 19.4. The zero-order chi connectivity index (χ0) is 26.5. The van der Waals surface area contributed by atoms with Crippen LogP contribution in [0.5, 0.6) is 0 Å². The van der Waals surface area contributed by atoms with Gasteiger partial charge in [0.15, 0.2) is 0 Å². The van der Waals surface area contributed by atoms with Gasteiger partial charge in [-0.1, -0.05) is 45.2 Å². The van der Waals surface area contributed by atoms with Crippen molar-refractivity contribution in [1.82, 2.24) is 14.9 Å². The summed E-state index contributed by atoms with van der Waals surface area (Å²) in [6.45, 7) is 4.70. The summed E-state index contributed by atoms with van der Waals surface area (Å²) in [6, 6.07) is 7.30. The molecule has 4 nitrogen and oxygen atoms in total. The molecule has 1 N–H and O–H groups in total. The summed E-state index contributed by atoms with van der Waals surface area (Å²) in [7, 11) is 0. The molecule has 1 amide bonds. The van der Waals surface area contributed by atoms with E-state index in [4.69, 9.17) is 0 Å². The minimum absolute atomic E-state index is 0.0968. The molecule has 10 heteroatoms. The maximum atomic E-state index is 13.2. The number of alkyl halides is 6. The molecule has 0 aliphatic carbocycles. The molecule has 1 aromatic heterocycles. The zero-order valence-electron chi connectivity index (χ0n) is 19.9. The van der Waals surface area contributed by atoms with E-state index in [0.717, 1.165) is 25.7 Å². The molecule has 2 aromatic carbocycles. The molecule has 3 rings (SSSR count). The number of nitrogens with zero attached hydrogens (tertiary/aromatic N) is 2. The molecule has 1 heterocycles.